The normalized spacial score (nSPS) is 10.4. The van der Waals surface area contributed by atoms with Gasteiger partial charge < -0.3 is 14.7 Å². The Balaban J connectivity index is 2.84. The van der Waals surface area contributed by atoms with Crippen LogP contribution in [0.3, 0.4) is 0 Å². The highest BCUT2D eigenvalue weighted by Gasteiger charge is 2.12. The maximum atomic E-state index is 10.7. The van der Waals surface area contributed by atoms with E-state index in [1.165, 1.54) is 12.1 Å². The molecule has 0 aliphatic carbocycles. The quantitative estimate of drug-likeness (QED) is 0.454. The average Bonchev–Trinajstić information content (AvgIpc) is 2.38. The predicted octanol–water partition coefficient (Wildman–Crippen LogP) is 1.56. The van der Waals surface area contributed by atoms with Gasteiger partial charge in [0, 0.05) is 50.7 Å². The fraction of sp³-hybridized carbons (Fsp3) is 0.500. The molecule has 0 aliphatic heterocycles. The van der Waals surface area contributed by atoms with Crippen LogP contribution in [-0.4, -0.2) is 37.3 Å². The molecular formula is C12H18N2O4. The Morgan fingerprint density at radius 2 is 2.22 bits per heavy atom. The Kier molecular flexibility index (Phi) is 5.54. The average molecular weight is 254 g/mol. The number of hydrogen-bond donors (Lipinski definition) is 1. The number of methoxy groups -OCH3 is 1. The van der Waals surface area contributed by atoms with Crippen molar-refractivity contribution in [2.45, 2.75) is 13.0 Å². The fourth-order valence-electron chi connectivity index (χ4n) is 1.75. The molecule has 6 heteroatoms. The second kappa shape index (κ2) is 6.93. The van der Waals surface area contributed by atoms with Crippen LogP contribution in [0, 0.1) is 10.1 Å². The van der Waals surface area contributed by atoms with Crippen molar-refractivity contribution in [1.82, 2.24) is 0 Å². The highest BCUT2D eigenvalue weighted by Crippen LogP contribution is 2.24. The van der Waals surface area contributed by atoms with E-state index in [0.717, 1.165) is 18.7 Å². The van der Waals surface area contributed by atoms with Gasteiger partial charge in [-0.3, -0.25) is 10.1 Å². The van der Waals surface area contributed by atoms with Crippen LogP contribution in [0.4, 0.5) is 11.4 Å². The molecule has 0 fully saturated rings. The zero-order valence-corrected chi connectivity index (χ0v) is 10.6. The van der Waals surface area contributed by atoms with Crippen molar-refractivity contribution in [3.8, 4) is 0 Å². The zero-order valence-electron chi connectivity index (χ0n) is 10.6. The molecule has 1 N–H and O–H groups in total. The predicted molar refractivity (Wildman–Crippen MR) is 68.8 cm³/mol. The summed E-state index contributed by atoms with van der Waals surface area (Å²) in [4.78, 5) is 12.1. The number of aliphatic hydroxyl groups excluding tert-OH is 1. The Morgan fingerprint density at radius 1 is 1.50 bits per heavy atom. The number of nitro groups is 1. The SMILES string of the molecule is COCCCN(C)c1ccc([N+](=O)[O-])cc1CO. The maximum Gasteiger partial charge on any atom is 0.269 e. The first-order valence-electron chi connectivity index (χ1n) is 5.68. The molecule has 0 spiro atoms. The van der Waals surface area contributed by atoms with Crippen LogP contribution in [-0.2, 0) is 11.3 Å². The lowest BCUT2D eigenvalue weighted by atomic mass is 10.1. The molecule has 0 radical (unpaired) electrons. The Hall–Kier alpha value is -1.66. The van der Waals surface area contributed by atoms with Gasteiger partial charge in [0.2, 0.25) is 0 Å². The molecular weight excluding hydrogens is 236 g/mol. The minimum absolute atomic E-state index is 0.00640. The third kappa shape index (κ3) is 3.68. The lowest BCUT2D eigenvalue weighted by Gasteiger charge is -2.21. The number of aliphatic hydroxyl groups is 1. The lowest BCUT2D eigenvalue weighted by Crippen LogP contribution is -2.21. The molecule has 6 nitrogen and oxygen atoms in total. The molecule has 0 heterocycles. The first kappa shape index (κ1) is 14.4. The van der Waals surface area contributed by atoms with Crippen LogP contribution in [0.5, 0.6) is 0 Å². The van der Waals surface area contributed by atoms with Gasteiger partial charge >= 0.3 is 0 Å². The Labute approximate surface area is 106 Å². The molecule has 1 rings (SSSR count). The van der Waals surface area contributed by atoms with Crippen molar-refractivity contribution in [3.05, 3.63) is 33.9 Å². The first-order chi connectivity index (χ1) is 8.60. The third-order valence-electron chi connectivity index (χ3n) is 2.70. The summed E-state index contributed by atoms with van der Waals surface area (Å²) in [7, 11) is 3.53. The van der Waals surface area contributed by atoms with Crippen molar-refractivity contribution in [2.24, 2.45) is 0 Å². The van der Waals surface area contributed by atoms with Gasteiger partial charge in [-0.25, -0.2) is 0 Å². The molecule has 1 aromatic carbocycles. The van der Waals surface area contributed by atoms with Gasteiger partial charge in [-0.05, 0) is 12.5 Å². The number of nitro benzene ring substituents is 1. The molecule has 0 aliphatic rings. The molecule has 0 amide bonds. The number of nitrogens with zero attached hydrogens (tertiary/aromatic N) is 2. The second-order valence-electron chi connectivity index (χ2n) is 4.00. The Bertz CT molecular complexity index is 409. The van der Waals surface area contributed by atoms with Crippen LogP contribution in [0.2, 0.25) is 0 Å². The molecule has 0 saturated carbocycles. The van der Waals surface area contributed by atoms with Gasteiger partial charge in [0.15, 0.2) is 0 Å². The standard InChI is InChI=1S/C12H18N2O4/c1-13(6-3-7-18-2)12-5-4-11(14(16)17)8-10(12)9-15/h4-5,8,15H,3,6-7,9H2,1-2H3. The van der Waals surface area contributed by atoms with E-state index in [0.29, 0.717) is 12.2 Å². The number of ether oxygens (including phenoxy) is 1. The number of hydrogen-bond acceptors (Lipinski definition) is 5. The van der Waals surface area contributed by atoms with E-state index in [2.05, 4.69) is 0 Å². The van der Waals surface area contributed by atoms with Gasteiger partial charge in [-0.2, -0.15) is 0 Å². The summed E-state index contributed by atoms with van der Waals surface area (Å²) in [5.41, 5.74) is 1.36. The summed E-state index contributed by atoms with van der Waals surface area (Å²) in [5.74, 6) is 0. The molecule has 0 saturated heterocycles. The van der Waals surface area contributed by atoms with Crippen LogP contribution in [0.25, 0.3) is 0 Å². The van der Waals surface area contributed by atoms with E-state index in [9.17, 15) is 15.2 Å². The van der Waals surface area contributed by atoms with Crippen molar-refractivity contribution in [3.63, 3.8) is 0 Å². The van der Waals surface area contributed by atoms with Crippen LogP contribution in [0.15, 0.2) is 18.2 Å². The fourth-order valence-corrected chi connectivity index (χ4v) is 1.75. The summed E-state index contributed by atoms with van der Waals surface area (Å²) in [6.45, 7) is 1.20. The van der Waals surface area contributed by atoms with Crippen LogP contribution in [0.1, 0.15) is 12.0 Å². The zero-order chi connectivity index (χ0) is 13.5. The minimum atomic E-state index is -0.464. The summed E-state index contributed by atoms with van der Waals surface area (Å²) in [5, 5.41) is 19.9. The van der Waals surface area contributed by atoms with E-state index in [1.54, 1.807) is 13.2 Å². The van der Waals surface area contributed by atoms with Crippen molar-refractivity contribution in [2.75, 3.05) is 32.2 Å². The maximum absolute atomic E-state index is 10.7. The van der Waals surface area contributed by atoms with E-state index >= 15 is 0 Å². The molecule has 0 aromatic heterocycles. The van der Waals surface area contributed by atoms with Gasteiger partial charge in [-0.1, -0.05) is 0 Å². The molecule has 1 aromatic rings. The van der Waals surface area contributed by atoms with Gasteiger partial charge in [0.05, 0.1) is 11.5 Å². The van der Waals surface area contributed by atoms with E-state index < -0.39 is 4.92 Å². The third-order valence-corrected chi connectivity index (χ3v) is 2.70. The van der Waals surface area contributed by atoms with Crippen LogP contribution >= 0.6 is 0 Å². The van der Waals surface area contributed by atoms with Crippen molar-refractivity contribution < 1.29 is 14.8 Å². The van der Waals surface area contributed by atoms with Gasteiger partial charge in [-0.15, -0.1) is 0 Å². The van der Waals surface area contributed by atoms with E-state index in [-0.39, 0.29) is 12.3 Å². The molecule has 100 valence electrons. The molecule has 18 heavy (non-hydrogen) atoms. The summed E-state index contributed by atoms with van der Waals surface area (Å²) < 4.78 is 4.97. The highest BCUT2D eigenvalue weighted by atomic mass is 16.6. The number of non-ortho nitro benzene ring substituents is 1. The smallest absolute Gasteiger partial charge is 0.269 e. The van der Waals surface area contributed by atoms with Crippen molar-refractivity contribution >= 4 is 11.4 Å². The second-order valence-corrected chi connectivity index (χ2v) is 4.00. The lowest BCUT2D eigenvalue weighted by molar-refractivity contribution is -0.384. The van der Waals surface area contributed by atoms with Gasteiger partial charge in [0.25, 0.3) is 5.69 Å². The molecule has 0 bridgehead atoms. The summed E-state index contributed by atoms with van der Waals surface area (Å²) >= 11 is 0. The first-order valence-corrected chi connectivity index (χ1v) is 5.68. The summed E-state index contributed by atoms with van der Waals surface area (Å²) in [6.07, 6.45) is 0.856. The molecule has 0 atom stereocenters. The topological polar surface area (TPSA) is 75.8 Å². The number of benzene rings is 1. The minimum Gasteiger partial charge on any atom is -0.392 e. The largest absolute Gasteiger partial charge is 0.392 e. The summed E-state index contributed by atoms with van der Waals surface area (Å²) in [6, 6.07) is 4.51. The van der Waals surface area contributed by atoms with Crippen LogP contribution < -0.4 is 4.90 Å². The highest BCUT2D eigenvalue weighted by molar-refractivity contribution is 5.57. The van der Waals surface area contributed by atoms with Gasteiger partial charge in [0.1, 0.15) is 0 Å². The van der Waals surface area contributed by atoms with Crippen molar-refractivity contribution in [1.29, 1.82) is 0 Å². The Morgan fingerprint density at radius 3 is 2.78 bits per heavy atom. The van der Waals surface area contributed by atoms with E-state index in [4.69, 9.17) is 4.74 Å². The monoisotopic (exact) mass is 254 g/mol. The number of anilines is 1. The van der Waals surface area contributed by atoms with E-state index in [1.807, 2.05) is 11.9 Å². The molecule has 0 unspecified atom stereocenters. The number of rotatable bonds is 7.